The Kier molecular flexibility index (Phi) is 5.02. The number of aryl methyl sites for hydroxylation is 1. The van der Waals surface area contributed by atoms with E-state index in [9.17, 15) is 4.39 Å². The molecule has 1 saturated heterocycles. The van der Waals surface area contributed by atoms with Crippen molar-refractivity contribution in [2.24, 2.45) is 0 Å². The molecule has 0 atom stereocenters. The van der Waals surface area contributed by atoms with Crippen molar-refractivity contribution >= 4 is 11.8 Å². The Morgan fingerprint density at radius 1 is 1.17 bits per heavy atom. The second-order valence-electron chi connectivity index (χ2n) is 5.60. The smallest absolute Gasteiger partial charge is 0.227 e. The number of anilines is 2. The van der Waals surface area contributed by atoms with Crippen LogP contribution in [0.2, 0.25) is 0 Å². The third kappa shape index (κ3) is 4.39. The summed E-state index contributed by atoms with van der Waals surface area (Å²) in [6.07, 6.45) is 0.816. The van der Waals surface area contributed by atoms with Gasteiger partial charge in [-0.05, 0) is 31.0 Å². The zero-order chi connectivity index (χ0) is 16.1. The molecule has 1 fully saturated rings. The van der Waals surface area contributed by atoms with Crippen LogP contribution in [0, 0.1) is 12.7 Å². The molecule has 0 radical (unpaired) electrons. The number of hydrogen-bond donors (Lipinski definition) is 1. The number of halogens is 1. The first-order valence-corrected chi connectivity index (χ1v) is 7.87. The van der Waals surface area contributed by atoms with E-state index < -0.39 is 0 Å². The third-order valence-electron chi connectivity index (χ3n) is 3.77. The quantitative estimate of drug-likeness (QED) is 0.918. The highest BCUT2D eigenvalue weighted by Gasteiger charge is 2.14. The van der Waals surface area contributed by atoms with Crippen molar-refractivity contribution in [1.29, 1.82) is 0 Å². The van der Waals surface area contributed by atoms with Crippen molar-refractivity contribution in [3.8, 4) is 0 Å². The lowest BCUT2D eigenvalue weighted by Crippen LogP contribution is -2.37. The summed E-state index contributed by atoms with van der Waals surface area (Å²) in [7, 11) is 0. The van der Waals surface area contributed by atoms with Crippen LogP contribution in [-0.4, -0.2) is 42.8 Å². The average molecular weight is 316 g/mol. The van der Waals surface area contributed by atoms with E-state index in [1.54, 1.807) is 12.1 Å². The monoisotopic (exact) mass is 316 g/mol. The van der Waals surface area contributed by atoms with Crippen LogP contribution in [0.15, 0.2) is 30.3 Å². The lowest BCUT2D eigenvalue weighted by molar-refractivity contribution is 0.122. The van der Waals surface area contributed by atoms with Gasteiger partial charge >= 0.3 is 0 Å². The van der Waals surface area contributed by atoms with Gasteiger partial charge in [-0.15, -0.1) is 0 Å². The van der Waals surface area contributed by atoms with Crippen molar-refractivity contribution in [3.63, 3.8) is 0 Å². The Hall–Kier alpha value is -2.21. The molecule has 1 aliphatic rings. The van der Waals surface area contributed by atoms with Crippen LogP contribution in [0.3, 0.4) is 0 Å². The Morgan fingerprint density at radius 3 is 2.65 bits per heavy atom. The van der Waals surface area contributed by atoms with E-state index in [-0.39, 0.29) is 5.82 Å². The minimum Gasteiger partial charge on any atom is -0.378 e. The van der Waals surface area contributed by atoms with Crippen LogP contribution in [0.1, 0.15) is 11.3 Å². The summed E-state index contributed by atoms with van der Waals surface area (Å²) >= 11 is 0. The van der Waals surface area contributed by atoms with Gasteiger partial charge in [0.2, 0.25) is 5.95 Å². The van der Waals surface area contributed by atoms with E-state index >= 15 is 0 Å². The SMILES string of the molecule is Cc1cc(NCCc2ccc(F)cc2)nc(N2CCOCC2)n1. The minimum atomic E-state index is -0.205. The molecule has 0 aliphatic carbocycles. The van der Waals surface area contributed by atoms with Crippen LogP contribution in [0.25, 0.3) is 0 Å². The highest BCUT2D eigenvalue weighted by atomic mass is 19.1. The van der Waals surface area contributed by atoms with Gasteiger partial charge in [-0.3, -0.25) is 0 Å². The van der Waals surface area contributed by atoms with Gasteiger partial charge < -0.3 is 15.0 Å². The number of rotatable bonds is 5. The first-order chi connectivity index (χ1) is 11.2. The van der Waals surface area contributed by atoms with Gasteiger partial charge in [0, 0.05) is 31.4 Å². The average Bonchev–Trinajstić information content (AvgIpc) is 2.57. The Morgan fingerprint density at radius 2 is 1.91 bits per heavy atom. The Bertz CT molecular complexity index is 642. The number of benzene rings is 1. The molecule has 1 aliphatic heterocycles. The molecule has 1 N–H and O–H groups in total. The molecule has 2 heterocycles. The van der Waals surface area contributed by atoms with Crippen molar-refractivity contribution in [3.05, 3.63) is 47.4 Å². The molecular formula is C17H21FN4O. The maximum atomic E-state index is 12.9. The molecule has 5 nitrogen and oxygen atoms in total. The zero-order valence-electron chi connectivity index (χ0n) is 13.3. The molecule has 23 heavy (non-hydrogen) atoms. The van der Waals surface area contributed by atoms with Crippen molar-refractivity contribution in [1.82, 2.24) is 9.97 Å². The summed E-state index contributed by atoms with van der Waals surface area (Å²) in [6.45, 7) is 5.77. The molecule has 0 amide bonds. The molecule has 1 aromatic heterocycles. The summed E-state index contributed by atoms with van der Waals surface area (Å²) in [6, 6.07) is 8.53. The number of aromatic nitrogens is 2. The van der Waals surface area contributed by atoms with Crippen LogP contribution in [0.4, 0.5) is 16.2 Å². The first kappa shape index (κ1) is 15.7. The molecular weight excluding hydrogens is 295 g/mol. The summed E-state index contributed by atoms with van der Waals surface area (Å²) in [5.74, 6) is 1.36. The van der Waals surface area contributed by atoms with Crippen LogP contribution < -0.4 is 10.2 Å². The highest BCUT2D eigenvalue weighted by Crippen LogP contribution is 2.15. The van der Waals surface area contributed by atoms with Gasteiger partial charge in [-0.1, -0.05) is 12.1 Å². The topological polar surface area (TPSA) is 50.3 Å². The minimum absolute atomic E-state index is 0.205. The van der Waals surface area contributed by atoms with E-state index in [4.69, 9.17) is 4.74 Å². The second-order valence-corrected chi connectivity index (χ2v) is 5.60. The zero-order valence-corrected chi connectivity index (χ0v) is 13.3. The van der Waals surface area contributed by atoms with E-state index in [1.807, 2.05) is 13.0 Å². The van der Waals surface area contributed by atoms with Gasteiger partial charge in [0.1, 0.15) is 11.6 Å². The van der Waals surface area contributed by atoms with E-state index in [0.717, 1.165) is 49.1 Å². The van der Waals surface area contributed by atoms with E-state index in [1.165, 1.54) is 12.1 Å². The van der Waals surface area contributed by atoms with Gasteiger partial charge in [0.15, 0.2) is 0 Å². The summed E-state index contributed by atoms with van der Waals surface area (Å²) in [5, 5.41) is 3.33. The predicted octanol–water partition coefficient (Wildman–Crippen LogP) is 2.42. The van der Waals surface area contributed by atoms with Gasteiger partial charge in [-0.2, -0.15) is 4.98 Å². The highest BCUT2D eigenvalue weighted by molar-refractivity contribution is 5.44. The van der Waals surface area contributed by atoms with Gasteiger partial charge in [0.25, 0.3) is 0 Å². The maximum absolute atomic E-state index is 12.9. The van der Waals surface area contributed by atoms with Crippen LogP contribution in [-0.2, 0) is 11.2 Å². The fraction of sp³-hybridized carbons (Fsp3) is 0.412. The standard InChI is InChI=1S/C17H21FN4O/c1-13-12-16(19-7-6-14-2-4-15(18)5-3-14)21-17(20-13)22-8-10-23-11-9-22/h2-5,12H,6-11H2,1H3,(H,19,20,21). The van der Waals surface area contributed by atoms with Gasteiger partial charge in [0.05, 0.1) is 13.2 Å². The molecule has 122 valence electrons. The molecule has 0 saturated carbocycles. The number of ether oxygens (including phenoxy) is 1. The van der Waals surface area contributed by atoms with Crippen molar-refractivity contribution < 1.29 is 9.13 Å². The molecule has 0 bridgehead atoms. The molecule has 0 unspecified atom stereocenters. The van der Waals surface area contributed by atoms with E-state index in [0.29, 0.717) is 13.2 Å². The predicted molar refractivity (Wildman–Crippen MR) is 88.4 cm³/mol. The van der Waals surface area contributed by atoms with Crippen molar-refractivity contribution in [2.75, 3.05) is 43.1 Å². The normalized spacial score (nSPS) is 14.8. The molecule has 0 spiro atoms. The van der Waals surface area contributed by atoms with Crippen LogP contribution in [0.5, 0.6) is 0 Å². The third-order valence-corrected chi connectivity index (χ3v) is 3.77. The molecule has 2 aromatic rings. The summed E-state index contributed by atoms with van der Waals surface area (Å²) in [4.78, 5) is 11.2. The largest absolute Gasteiger partial charge is 0.378 e. The fourth-order valence-electron chi connectivity index (χ4n) is 2.53. The lowest BCUT2D eigenvalue weighted by atomic mass is 10.1. The summed E-state index contributed by atoms with van der Waals surface area (Å²) < 4.78 is 18.3. The number of nitrogens with zero attached hydrogens (tertiary/aromatic N) is 3. The number of morpholine rings is 1. The van der Waals surface area contributed by atoms with Gasteiger partial charge in [-0.25, -0.2) is 9.37 Å². The Labute approximate surface area is 135 Å². The number of nitrogens with one attached hydrogen (secondary N) is 1. The first-order valence-electron chi connectivity index (χ1n) is 7.87. The Balaban J connectivity index is 1.60. The second kappa shape index (κ2) is 7.37. The van der Waals surface area contributed by atoms with E-state index in [2.05, 4.69) is 20.2 Å². The van der Waals surface area contributed by atoms with Crippen molar-refractivity contribution in [2.45, 2.75) is 13.3 Å². The number of hydrogen-bond acceptors (Lipinski definition) is 5. The fourth-order valence-corrected chi connectivity index (χ4v) is 2.53. The molecule has 1 aromatic carbocycles. The maximum Gasteiger partial charge on any atom is 0.227 e. The molecule has 6 heteroatoms. The lowest BCUT2D eigenvalue weighted by Gasteiger charge is -2.27. The van der Waals surface area contributed by atoms with Crippen LogP contribution >= 0.6 is 0 Å². The summed E-state index contributed by atoms with van der Waals surface area (Å²) in [5.41, 5.74) is 2.03. The molecule has 3 rings (SSSR count).